The molecular weight excluding hydrogens is 299 g/mol. The van der Waals surface area contributed by atoms with Gasteiger partial charge in [0.25, 0.3) is 0 Å². The minimum atomic E-state index is -0.235. The molecule has 0 amide bonds. The fourth-order valence-electron chi connectivity index (χ4n) is 2.05. The third-order valence-corrected chi connectivity index (χ3v) is 3.61. The van der Waals surface area contributed by atoms with Crippen LogP contribution in [0.4, 0.5) is 10.1 Å². The number of hydrogen-bond donors (Lipinski definition) is 1. The van der Waals surface area contributed by atoms with Crippen molar-refractivity contribution in [2.24, 2.45) is 0 Å². The van der Waals surface area contributed by atoms with Gasteiger partial charge >= 0.3 is 0 Å². The van der Waals surface area contributed by atoms with E-state index in [1.165, 1.54) is 6.07 Å². The van der Waals surface area contributed by atoms with E-state index in [9.17, 15) is 4.39 Å². The molecule has 5 heteroatoms. The number of nitrogens with one attached hydrogen (secondary N) is 1. The largest absolute Gasteiger partial charge is 0.380 e. The van der Waals surface area contributed by atoms with E-state index < -0.39 is 0 Å². The maximum absolute atomic E-state index is 13.5. The molecule has 0 aliphatic carbocycles. The van der Waals surface area contributed by atoms with E-state index in [1.54, 1.807) is 12.1 Å². The van der Waals surface area contributed by atoms with Gasteiger partial charge in [-0.2, -0.15) is 0 Å². The van der Waals surface area contributed by atoms with Crippen molar-refractivity contribution in [2.45, 2.75) is 13.0 Å². The molecule has 1 aromatic rings. The zero-order valence-corrected chi connectivity index (χ0v) is 12.0. The van der Waals surface area contributed by atoms with Gasteiger partial charge in [0.2, 0.25) is 0 Å². The topological polar surface area (TPSA) is 24.5 Å². The van der Waals surface area contributed by atoms with Crippen molar-refractivity contribution in [1.29, 1.82) is 0 Å². The molecular formula is C13H18BrFN2O. The van der Waals surface area contributed by atoms with Gasteiger partial charge in [-0.15, -0.1) is 0 Å². The number of rotatable bonds is 4. The van der Waals surface area contributed by atoms with Gasteiger partial charge in [-0.1, -0.05) is 22.9 Å². The average molecular weight is 317 g/mol. The highest BCUT2D eigenvalue weighted by Crippen LogP contribution is 2.20. The van der Waals surface area contributed by atoms with Crippen LogP contribution in [0.15, 0.2) is 22.7 Å². The van der Waals surface area contributed by atoms with Crippen LogP contribution in [0.1, 0.15) is 6.92 Å². The maximum Gasteiger partial charge on any atom is 0.146 e. The zero-order valence-electron chi connectivity index (χ0n) is 10.5. The standard InChI is InChI=1S/C13H18BrFN2O/c1-2-17-5-6-18-11(9-17)8-16-13-7-10(14)3-4-12(13)15/h3-4,7,11,16H,2,5-6,8-9H2,1H3. The smallest absolute Gasteiger partial charge is 0.146 e. The Kier molecular flexibility index (Phi) is 4.97. The number of hydrogen-bond acceptors (Lipinski definition) is 3. The molecule has 2 rings (SSSR count). The molecule has 1 N–H and O–H groups in total. The van der Waals surface area contributed by atoms with Crippen molar-refractivity contribution in [2.75, 3.05) is 38.1 Å². The second kappa shape index (κ2) is 6.50. The summed E-state index contributed by atoms with van der Waals surface area (Å²) in [6, 6.07) is 4.89. The lowest BCUT2D eigenvalue weighted by molar-refractivity contribution is -0.0192. The predicted molar refractivity (Wildman–Crippen MR) is 74.4 cm³/mol. The highest BCUT2D eigenvalue weighted by Gasteiger charge is 2.19. The Morgan fingerprint density at radius 3 is 3.17 bits per heavy atom. The molecule has 1 aliphatic rings. The monoisotopic (exact) mass is 316 g/mol. The Hall–Kier alpha value is -0.650. The molecule has 1 atom stereocenters. The molecule has 1 unspecified atom stereocenters. The molecule has 0 radical (unpaired) electrons. The van der Waals surface area contributed by atoms with Crippen molar-refractivity contribution in [3.63, 3.8) is 0 Å². The normalized spacial score (nSPS) is 20.9. The van der Waals surface area contributed by atoms with Gasteiger partial charge in [0, 0.05) is 24.1 Å². The fraction of sp³-hybridized carbons (Fsp3) is 0.538. The van der Waals surface area contributed by atoms with Crippen LogP contribution in [0.25, 0.3) is 0 Å². The number of nitrogens with zero attached hydrogens (tertiary/aromatic N) is 1. The number of benzene rings is 1. The van der Waals surface area contributed by atoms with Crippen LogP contribution in [0.2, 0.25) is 0 Å². The molecule has 0 saturated carbocycles. The highest BCUT2D eigenvalue weighted by molar-refractivity contribution is 9.10. The third-order valence-electron chi connectivity index (χ3n) is 3.12. The van der Waals surface area contributed by atoms with E-state index in [2.05, 4.69) is 33.1 Å². The van der Waals surface area contributed by atoms with Crippen LogP contribution in [0, 0.1) is 5.82 Å². The number of anilines is 1. The van der Waals surface area contributed by atoms with Gasteiger partial charge in [-0.3, -0.25) is 4.90 Å². The quantitative estimate of drug-likeness (QED) is 0.924. The number of likely N-dealkylation sites (N-methyl/N-ethyl adjacent to an activating group) is 1. The average Bonchev–Trinajstić information content (AvgIpc) is 2.40. The van der Waals surface area contributed by atoms with Crippen molar-refractivity contribution < 1.29 is 9.13 Å². The third kappa shape index (κ3) is 3.67. The molecule has 1 aromatic carbocycles. The molecule has 1 heterocycles. The minimum absolute atomic E-state index is 0.122. The van der Waals surface area contributed by atoms with Gasteiger partial charge in [-0.05, 0) is 24.7 Å². The summed E-state index contributed by atoms with van der Waals surface area (Å²) in [5.74, 6) is -0.235. The lowest BCUT2D eigenvalue weighted by atomic mass is 10.2. The Labute approximate surface area is 115 Å². The summed E-state index contributed by atoms with van der Waals surface area (Å²) >= 11 is 3.34. The van der Waals surface area contributed by atoms with Gasteiger partial charge in [0.05, 0.1) is 18.4 Å². The molecule has 3 nitrogen and oxygen atoms in total. The summed E-state index contributed by atoms with van der Waals surface area (Å²) in [6.45, 7) is 6.44. The van der Waals surface area contributed by atoms with Crippen LogP contribution in [0.3, 0.4) is 0 Å². The Bertz CT molecular complexity index is 403. The van der Waals surface area contributed by atoms with Crippen LogP contribution >= 0.6 is 15.9 Å². The fourth-order valence-corrected chi connectivity index (χ4v) is 2.41. The molecule has 0 spiro atoms. The number of ether oxygens (including phenoxy) is 1. The van der Waals surface area contributed by atoms with Crippen molar-refractivity contribution in [3.8, 4) is 0 Å². The molecule has 0 bridgehead atoms. The highest BCUT2D eigenvalue weighted by atomic mass is 79.9. The first kappa shape index (κ1) is 13.8. The number of morpholine rings is 1. The van der Waals surface area contributed by atoms with E-state index in [0.717, 1.165) is 30.7 Å². The van der Waals surface area contributed by atoms with Gasteiger partial charge in [0.1, 0.15) is 5.82 Å². The molecule has 0 aromatic heterocycles. The van der Waals surface area contributed by atoms with Gasteiger partial charge in [-0.25, -0.2) is 4.39 Å². The van der Waals surface area contributed by atoms with Crippen LogP contribution in [-0.4, -0.2) is 43.8 Å². The Morgan fingerprint density at radius 1 is 1.56 bits per heavy atom. The lowest BCUT2D eigenvalue weighted by Crippen LogP contribution is -2.45. The summed E-state index contributed by atoms with van der Waals surface area (Å²) < 4.78 is 20.1. The molecule has 1 fully saturated rings. The van der Waals surface area contributed by atoms with Crippen LogP contribution in [-0.2, 0) is 4.74 Å². The molecule has 100 valence electrons. The van der Waals surface area contributed by atoms with Crippen LogP contribution < -0.4 is 5.32 Å². The first-order valence-corrected chi connectivity index (χ1v) is 7.01. The Morgan fingerprint density at radius 2 is 2.39 bits per heavy atom. The zero-order chi connectivity index (χ0) is 13.0. The van der Waals surface area contributed by atoms with Crippen molar-refractivity contribution in [1.82, 2.24) is 4.90 Å². The van der Waals surface area contributed by atoms with E-state index >= 15 is 0 Å². The molecule has 1 aliphatic heterocycles. The first-order valence-electron chi connectivity index (χ1n) is 6.22. The summed E-state index contributed by atoms with van der Waals surface area (Å²) in [7, 11) is 0. The van der Waals surface area contributed by atoms with E-state index in [0.29, 0.717) is 12.2 Å². The molecule has 1 saturated heterocycles. The summed E-state index contributed by atoms with van der Waals surface area (Å²) in [6.07, 6.45) is 0.122. The van der Waals surface area contributed by atoms with Crippen molar-refractivity contribution >= 4 is 21.6 Å². The first-order chi connectivity index (χ1) is 8.69. The Balaban J connectivity index is 1.89. The number of halogens is 2. The van der Waals surface area contributed by atoms with Crippen molar-refractivity contribution in [3.05, 3.63) is 28.5 Å². The predicted octanol–water partition coefficient (Wildman–Crippen LogP) is 2.72. The SMILES string of the molecule is CCN1CCOC(CNc2cc(Br)ccc2F)C1. The summed E-state index contributed by atoms with van der Waals surface area (Å²) in [4.78, 5) is 2.34. The second-order valence-corrected chi connectivity index (χ2v) is 5.31. The maximum atomic E-state index is 13.5. The summed E-state index contributed by atoms with van der Waals surface area (Å²) in [5, 5.41) is 3.11. The van der Waals surface area contributed by atoms with Gasteiger partial charge in [0.15, 0.2) is 0 Å². The van der Waals surface area contributed by atoms with Gasteiger partial charge < -0.3 is 10.1 Å². The molecule has 18 heavy (non-hydrogen) atoms. The van der Waals surface area contributed by atoms with E-state index in [1.807, 2.05) is 0 Å². The minimum Gasteiger partial charge on any atom is -0.380 e. The van der Waals surface area contributed by atoms with E-state index in [-0.39, 0.29) is 11.9 Å². The second-order valence-electron chi connectivity index (χ2n) is 4.39. The lowest BCUT2D eigenvalue weighted by Gasteiger charge is -2.32. The summed E-state index contributed by atoms with van der Waals surface area (Å²) in [5.41, 5.74) is 0.515. The van der Waals surface area contributed by atoms with Crippen LogP contribution in [0.5, 0.6) is 0 Å². The van der Waals surface area contributed by atoms with E-state index in [4.69, 9.17) is 4.74 Å².